The Morgan fingerprint density at radius 3 is 2.70 bits per heavy atom. The fourth-order valence-electron chi connectivity index (χ4n) is 2.04. The van der Waals surface area contributed by atoms with Crippen LogP contribution in [0.5, 0.6) is 0 Å². The van der Waals surface area contributed by atoms with Gasteiger partial charge in [0, 0.05) is 18.5 Å². The van der Waals surface area contributed by atoms with Gasteiger partial charge in [-0.2, -0.15) is 5.10 Å². The highest BCUT2D eigenvalue weighted by molar-refractivity contribution is 6.06. The zero-order chi connectivity index (χ0) is 17.0. The molecule has 1 aromatic rings. The normalized spacial score (nSPS) is 16.7. The van der Waals surface area contributed by atoms with Gasteiger partial charge in [0.15, 0.2) is 0 Å². The molecule has 2 rings (SSSR count). The van der Waals surface area contributed by atoms with E-state index in [0.717, 1.165) is 4.90 Å². The van der Waals surface area contributed by atoms with Crippen molar-refractivity contribution in [1.29, 1.82) is 0 Å². The Morgan fingerprint density at radius 1 is 1.39 bits per heavy atom. The summed E-state index contributed by atoms with van der Waals surface area (Å²) in [7, 11) is 0. The topological polar surface area (TPSA) is 90.9 Å². The van der Waals surface area contributed by atoms with Crippen molar-refractivity contribution in [3.05, 3.63) is 35.6 Å². The van der Waals surface area contributed by atoms with Crippen molar-refractivity contribution in [2.24, 2.45) is 5.10 Å². The average molecular weight is 320 g/mol. The molecule has 4 amide bonds. The number of carbonyl (C=O) groups excluding carboxylic acids is 3. The number of benzene rings is 1. The van der Waals surface area contributed by atoms with Gasteiger partial charge in [-0.1, -0.05) is 18.2 Å². The molecule has 2 N–H and O–H groups in total. The third-order valence-electron chi connectivity index (χ3n) is 3.30. The molecule has 23 heavy (non-hydrogen) atoms. The number of halogens is 1. The Labute approximate surface area is 132 Å². The molecule has 0 unspecified atom stereocenters. The highest BCUT2D eigenvalue weighted by atomic mass is 19.1. The molecule has 0 radical (unpaired) electrons. The number of hydrazone groups is 1. The molecule has 0 atom stereocenters. The van der Waals surface area contributed by atoms with Gasteiger partial charge in [-0.25, -0.2) is 14.6 Å². The van der Waals surface area contributed by atoms with Crippen LogP contribution in [0.15, 0.2) is 29.4 Å². The van der Waals surface area contributed by atoms with Crippen LogP contribution in [0.1, 0.15) is 25.8 Å². The fourth-order valence-corrected chi connectivity index (χ4v) is 2.04. The van der Waals surface area contributed by atoms with Crippen LogP contribution in [-0.4, -0.2) is 41.0 Å². The highest BCUT2D eigenvalue weighted by Crippen LogP contribution is 2.16. The van der Waals surface area contributed by atoms with Crippen LogP contribution >= 0.6 is 0 Å². The van der Waals surface area contributed by atoms with E-state index < -0.39 is 23.3 Å². The SMILES string of the molecule is CC1(C)NC(=O)N(CCC(=O)N/N=C\c2ccccc2F)C1=O. The van der Waals surface area contributed by atoms with E-state index in [1.54, 1.807) is 26.0 Å². The molecule has 0 aromatic heterocycles. The summed E-state index contributed by atoms with van der Waals surface area (Å²) in [6, 6.07) is 5.46. The zero-order valence-corrected chi connectivity index (χ0v) is 12.8. The van der Waals surface area contributed by atoms with E-state index in [9.17, 15) is 18.8 Å². The molecule has 1 fully saturated rings. The van der Waals surface area contributed by atoms with Crippen molar-refractivity contribution in [1.82, 2.24) is 15.6 Å². The van der Waals surface area contributed by atoms with Crippen LogP contribution in [-0.2, 0) is 9.59 Å². The van der Waals surface area contributed by atoms with Gasteiger partial charge < -0.3 is 5.32 Å². The second-order valence-electron chi connectivity index (χ2n) is 5.58. The molecule has 0 bridgehead atoms. The number of nitrogens with one attached hydrogen (secondary N) is 2. The molecule has 0 aliphatic carbocycles. The van der Waals surface area contributed by atoms with Crippen molar-refractivity contribution in [2.75, 3.05) is 6.54 Å². The number of hydrogen-bond donors (Lipinski definition) is 2. The lowest BCUT2D eigenvalue weighted by molar-refractivity contribution is -0.130. The zero-order valence-electron chi connectivity index (χ0n) is 12.8. The van der Waals surface area contributed by atoms with E-state index in [0.29, 0.717) is 0 Å². The second-order valence-corrected chi connectivity index (χ2v) is 5.58. The van der Waals surface area contributed by atoms with Gasteiger partial charge >= 0.3 is 6.03 Å². The minimum atomic E-state index is -0.962. The monoisotopic (exact) mass is 320 g/mol. The van der Waals surface area contributed by atoms with E-state index in [1.165, 1.54) is 18.3 Å². The summed E-state index contributed by atoms with van der Waals surface area (Å²) in [4.78, 5) is 36.2. The second kappa shape index (κ2) is 6.55. The molecule has 0 saturated carbocycles. The predicted octanol–water partition coefficient (Wildman–Crippen LogP) is 0.996. The van der Waals surface area contributed by atoms with Gasteiger partial charge in [-0.15, -0.1) is 0 Å². The number of imide groups is 1. The van der Waals surface area contributed by atoms with E-state index in [2.05, 4.69) is 15.8 Å². The fraction of sp³-hybridized carbons (Fsp3) is 0.333. The van der Waals surface area contributed by atoms with Gasteiger partial charge in [0.25, 0.3) is 5.91 Å². The summed E-state index contributed by atoms with van der Waals surface area (Å²) >= 11 is 0. The van der Waals surface area contributed by atoms with Crippen LogP contribution < -0.4 is 10.7 Å². The van der Waals surface area contributed by atoms with E-state index in [4.69, 9.17) is 0 Å². The molecule has 0 spiro atoms. The number of urea groups is 1. The van der Waals surface area contributed by atoms with Crippen LogP contribution in [0.3, 0.4) is 0 Å². The van der Waals surface area contributed by atoms with Crippen LogP contribution in [0.2, 0.25) is 0 Å². The minimum Gasteiger partial charge on any atom is -0.324 e. The maximum atomic E-state index is 13.3. The Bertz CT molecular complexity index is 672. The summed E-state index contributed by atoms with van der Waals surface area (Å²) in [5.41, 5.74) is 1.50. The Hall–Kier alpha value is -2.77. The van der Waals surface area contributed by atoms with Crippen molar-refractivity contribution < 1.29 is 18.8 Å². The quantitative estimate of drug-likeness (QED) is 0.482. The lowest BCUT2D eigenvalue weighted by Crippen LogP contribution is -2.40. The van der Waals surface area contributed by atoms with Gasteiger partial charge in [-0.3, -0.25) is 14.5 Å². The molecule has 8 heteroatoms. The smallest absolute Gasteiger partial charge is 0.324 e. The molecule has 1 aromatic carbocycles. The third kappa shape index (κ3) is 3.91. The third-order valence-corrected chi connectivity index (χ3v) is 3.30. The summed E-state index contributed by atoms with van der Waals surface area (Å²) in [6.45, 7) is 3.13. The number of amides is 4. The molecule has 1 heterocycles. The van der Waals surface area contributed by atoms with Gasteiger partial charge in [0.05, 0.1) is 6.21 Å². The number of nitrogens with zero attached hydrogens (tertiary/aromatic N) is 2. The lowest BCUT2D eigenvalue weighted by atomic mass is 10.1. The summed E-state index contributed by atoms with van der Waals surface area (Å²) in [6.07, 6.45) is 1.09. The predicted molar refractivity (Wildman–Crippen MR) is 81.1 cm³/mol. The maximum absolute atomic E-state index is 13.3. The van der Waals surface area contributed by atoms with E-state index in [1.807, 2.05) is 0 Å². The van der Waals surface area contributed by atoms with E-state index in [-0.39, 0.29) is 24.4 Å². The first-order valence-electron chi connectivity index (χ1n) is 7.02. The van der Waals surface area contributed by atoms with Crippen molar-refractivity contribution in [2.45, 2.75) is 25.8 Å². The first-order valence-corrected chi connectivity index (χ1v) is 7.02. The van der Waals surface area contributed by atoms with Gasteiger partial charge in [-0.05, 0) is 19.9 Å². The Balaban J connectivity index is 1.83. The Morgan fingerprint density at radius 2 is 2.09 bits per heavy atom. The first kappa shape index (κ1) is 16.6. The lowest BCUT2D eigenvalue weighted by Gasteiger charge is -2.15. The van der Waals surface area contributed by atoms with Crippen molar-refractivity contribution >= 4 is 24.1 Å². The van der Waals surface area contributed by atoms with Crippen LogP contribution in [0.25, 0.3) is 0 Å². The first-order chi connectivity index (χ1) is 10.8. The van der Waals surface area contributed by atoms with Crippen LogP contribution in [0.4, 0.5) is 9.18 Å². The molecule has 122 valence electrons. The van der Waals surface area contributed by atoms with Gasteiger partial charge in [0.1, 0.15) is 11.4 Å². The average Bonchev–Trinajstić information content (AvgIpc) is 2.67. The summed E-state index contributed by atoms with van der Waals surface area (Å²) < 4.78 is 13.3. The van der Waals surface area contributed by atoms with E-state index >= 15 is 0 Å². The molecule has 1 saturated heterocycles. The van der Waals surface area contributed by atoms with Crippen molar-refractivity contribution in [3.8, 4) is 0 Å². The minimum absolute atomic E-state index is 0.0465. The summed E-state index contributed by atoms with van der Waals surface area (Å²) in [5, 5.41) is 6.17. The number of rotatable bonds is 5. The van der Waals surface area contributed by atoms with Crippen molar-refractivity contribution in [3.63, 3.8) is 0 Å². The maximum Gasteiger partial charge on any atom is 0.325 e. The number of carbonyl (C=O) groups is 3. The Kier molecular flexibility index (Phi) is 4.73. The molecule has 1 aliphatic heterocycles. The summed E-state index contributed by atoms with van der Waals surface area (Å²) in [5.74, 6) is -1.32. The van der Waals surface area contributed by atoms with Gasteiger partial charge in [0.2, 0.25) is 5.91 Å². The molecular formula is C15H17FN4O3. The molecule has 1 aliphatic rings. The highest BCUT2D eigenvalue weighted by Gasteiger charge is 2.43. The molecular weight excluding hydrogens is 303 g/mol. The number of hydrogen-bond acceptors (Lipinski definition) is 4. The standard InChI is InChI=1S/C15H17FN4O3/c1-15(2)13(22)20(14(23)18-15)8-7-12(21)19-17-9-10-5-3-4-6-11(10)16/h3-6,9H,7-8H2,1-2H3,(H,18,23)(H,19,21)/b17-9-. The largest absolute Gasteiger partial charge is 0.325 e. The molecule has 7 nitrogen and oxygen atoms in total. The van der Waals surface area contributed by atoms with Crippen LogP contribution in [0, 0.1) is 5.82 Å².